The Hall–Kier alpha value is -0.590. The number of hydrogen-bond donors (Lipinski definition) is 1. The first-order valence-electron chi connectivity index (χ1n) is 6.19. The zero-order valence-corrected chi connectivity index (χ0v) is 13.5. The van der Waals surface area contributed by atoms with E-state index >= 15 is 0 Å². The number of ether oxygens (including phenoxy) is 2. The summed E-state index contributed by atoms with van der Waals surface area (Å²) >= 11 is 3.48. The van der Waals surface area contributed by atoms with Crippen molar-refractivity contribution in [1.29, 1.82) is 0 Å². The maximum absolute atomic E-state index is 11.2. The molecule has 0 spiro atoms. The highest BCUT2D eigenvalue weighted by Crippen LogP contribution is 2.39. The van der Waals surface area contributed by atoms with Gasteiger partial charge in [-0.15, -0.1) is 0 Å². The number of hydrogen-bond acceptors (Lipinski definition) is 4. The lowest BCUT2D eigenvalue weighted by atomic mass is 10.2. The van der Waals surface area contributed by atoms with Crippen molar-refractivity contribution in [3.63, 3.8) is 0 Å². The van der Waals surface area contributed by atoms with E-state index in [1.807, 2.05) is 19.1 Å². The quantitative estimate of drug-likeness (QED) is 0.803. The largest absolute Gasteiger partial charge is 0.454 e. The van der Waals surface area contributed by atoms with E-state index in [0.29, 0.717) is 0 Å². The lowest BCUT2D eigenvalue weighted by Crippen LogP contribution is -2.20. The molecule has 0 saturated heterocycles. The number of nitrogens with one attached hydrogen (secondary N) is 1. The SMILES string of the molecule is CC(CCNCc1cc(Br)c2c(c1)OCO2)S(C)=O. The van der Waals surface area contributed by atoms with Crippen LogP contribution in [0.4, 0.5) is 0 Å². The van der Waals surface area contributed by atoms with Crippen LogP contribution in [0.2, 0.25) is 0 Å². The van der Waals surface area contributed by atoms with E-state index < -0.39 is 10.8 Å². The lowest BCUT2D eigenvalue weighted by molar-refractivity contribution is 0.173. The van der Waals surface area contributed by atoms with E-state index in [-0.39, 0.29) is 12.0 Å². The molecule has 1 N–H and O–H groups in total. The highest BCUT2D eigenvalue weighted by atomic mass is 79.9. The van der Waals surface area contributed by atoms with Crippen LogP contribution in [-0.4, -0.2) is 29.1 Å². The number of rotatable bonds is 6. The van der Waals surface area contributed by atoms with Crippen LogP contribution in [0.5, 0.6) is 11.5 Å². The van der Waals surface area contributed by atoms with Crippen LogP contribution in [0.25, 0.3) is 0 Å². The van der Waals surface area contributed by atoms with Crippen molar-refractivity contribution in [2.75, 3.05) is 19.6 Å². The van der Waals surface area contributed by atoms with E-state index in [4.69, 9.17) is 9.47 Å². The molecule has 1 heterocycles. The summed E-state index contributed by atoms with van der Waals surface area (Å²) < 4.78 is 22.9. The molecule has 0 aromatic heterocycles. The van der Waals surface area contributed by atoms with Crippen LogP contribution in [0.1, 0.15) is 18.9 Å². The molecule has 0 amide bonds. The number of halogens is 1. The molecule has 2 rings (SSSR count). The average molecular weight is 348 g/mol. The van der Waals surface area contributed by atoms with E-state index in [0.717, 1.165) is 41.0 Å². The molecule has 0 bridgehead atoms. The van der Waals surface area contributed by atoms with E-state index in [9.17, 15) is 4.21 Å². The summed E-state index contributed by atoms with van der Waals surface area (Å²) in [7, 11) is -0.746. The van der Waals surface area contributed by atoms with Crippen molar-refractivity contribution >= 4 is 26.7 Å². The van der Waals surface area contributed by atoms with Crippen LogP contribution in [0, 0.1) is 0 Å². The van der Waals surface area contributed by atoms with Gasteiger partial charge in [0.25, 0.3) is 0 Å². The molecule has 106 valence electrons. The summed E-state index contributed by atoms with van der Waals surface area (Å²) in [5.41, 5.74) is 1.14. The standard InChI is InChI=1S/C13H18BrNO3S/c1-9(19(2)16)3-4-15-7-10-5-11(14)13-12(6-10)17-8-18-13/h5-6,9,15H,3-4,7-8H2,1-2H3. The Morgan fingerprint density at radius 2 is 2.26 bits per heavy atom. The first kappa shape index (κ1) is 14.8. The van der Waals surface area contributed by atoms with Crippen LogP contribution in [-0.2, 0) is 17.3 Å². The van der Waals surface area contributed by atoms with Crippen molar-refractivity contribution in [1.82, 2.24) is 5.32 Å². The van der Waals surface area contributed by atoms with Gasteiger partial charge in [-0.05, 0) is 46.6 Å². The number of benzene rings is 1. The minimum absolute atomic E-state index is 0.232. The second-order valence-corrected chi connectivity index (χ2v) is 7.24. The third kappa shape index (κ3) is 3.94. The highest BCUT2D eigenvalue weighted by molar-refractivity contribution is 9.10. The molecule has 1 aliphatic heterocycles. The van der Waals surface area contributed by atoms with E-state index in [1.165, 1.54) is 0 Å². The molecule has 2 unspecified atom stereocenters. The van der Waals surface area contributed by atoms with Crippen molar-refractivity contribution in [2.45, 2.75) is 25.1 Å². The fourth-order valence-electron chi connectivity index (χ4n) is 1.83. The Labute approximate surface area is 124 Å². The van der Waals surface area contributed by atoms with Gasteiger partial charge in [-0.1, -0.05) is 6.92 Å². The summed E-state index contributed by atoms with van der Waals surface area (Å²) in [6.45, 7) is 3.91. The second-order valence-electron chi connectivity index (χ2n) is 4.59. The smallest absolute Gasteiger partial charge is 0.231 e. The first-order valence-corrected chi connectivity index (χ1v) is 8.60. The fraction of sp³-hybridized carbons (Fsp3) is 0.538. The van der Waals surface area contributed by atoms with E-state index in [1.54, 1.807) is 6.26 Å². The molecular weight excluding hydrogens is 330 g/mol. The maximum atomic E-state index is 11.2. The summed E-state index contributed by atoms with van der Waals surface area (Å²) in [5, 5.41) is 3.59. The Kier molecular flexibility index (Phi) is 5.24. The zero-order valence-electron chi connectivity index (χ0n) is 11.1. The van der Waals surface area contributed by atoms with Gasteiger partial charge in [0.1, 0.15) is 0 Å². The van der Waals surface area contributed by atoms with Crippen molar-refractivity contribution in [2.24, 2.45) is 0 Å². The number of fused-ring (bicyclic) bond motifs is 1. The van der Waals surface area contributed by atoms with Crippen molar-refractivity contribution in [3.8, 4) is 11.5 Å². The molecule has 2 atom stereocenters. The Balaban J connectivity index is 1.84. The van der Waals surface area contributed by atoms with Crippen LogP contribution < -0.4 is 14.8 Å². The maximum Gasteiger partial charge on any atom is 0.231 e. The van der Waals surface area contributed by atoms with Gasteiger partial charge in [-0.3, -0.25) is 4.21 Å². The molecule has 0 saturated carbocycles. The molecule has 1 aromatic rings. The molecule has 19 heavy (non-hydrogen) atoms. The molecule has 1 aromatic carbocycles. The van der Waals surface area contributed by atoms with Gasteiger partial charge >= 0.3 is 0 Å². The van der Waals surface area contributed by atoms with Crippen molar-refractivity contribution in [3.05, 3.63) is 22.2 Å². The normalized spacial score (nSPS) is 16.4. The molecule has 0 radical (unpaired) electrons. The fourth-order valence-corrected chi connectivity index (χ4v) is 2.88. The monoisotopic (exact) mass is 347 g/mol. The first-order chi connectivity index (χ1) is 9.08. The van der Waals surface area contributed by atoms with Crippen LogP contribution in [0.3, 0.4) is 0 Å². The van der Waals surface area contributed by atoms with Gasteiger partial charge in [0.2, 0.25) is 6.79 Å². The van der Waals surface area contributed by atoms with Gasteiger partial charge in [0.15, 0.2) is 11.5 Å². The van der Waals surface area contributed by atoms with Gasteiger partial charge in [0.05, 0.1) is 4.47 Å². The van der Waals surface area contributed by atoms with Crippen LogP contribution in [0.15, 0.2) is 16.6 Å². The lowest BCUT2D eigenvalue weighted by Gasteiger charge is -2.10. The van der Waals surface area contributed by atoms with E-state index in [2.05, 4.69) is 21.2 Å². The molecule has 1 aliphatic rings. The topological polar surface area (TPSA) is 47.6 Å². The highest BCUT2D eigenvalue weighted by Gasteiger charge is 2.17. The van der Waals surface area contributed by atoms with Gasteiger partial charge in [0, 0.05) is 28.9 Å². The zero-order chi connectivity index (χ0) is 13.8. The summed E-state index contributed by atoms with van der Waals surface area (Å²) in [6, 6.07) is 4.02. The summed E-state index contributed by atoms with van der Waals surface area (Å²) in [6.07, 6.45) is 2.66. The minimum atomic E-state index is -0.746. The minimum Gasteiger partial charge on any atom is -0.454 e. The summed E-state index contributed by atoms with van der Waals surface area (Å²) in [4.78, 5) is 0. The third-order valence-corrected chi connectivity index (χ3v) is 5.07. The second kappa shape index (κ2) is 6.72. The Bertz CT molecular complexity index is 481. The van der Waals surface area contributed by atoms with Crippen LogP contribution >= 0.6 is 15.9 Å². The molecular formula is C13H18BrNO3S. The predicted octanol–water partition coefficient (Wildman–Crippen LogP) is 2.42. The molecule has 0 fully saturated rings. The van der Waals surface area contributed by atoms with Gasteiger partial charge < -0.3 is 14.8 Å². The Morgan fingerprint density at radius 3 is 3.00 bits per heavy atom. The summed E-state index contributed by atoms with van der Waals surface area (Å²) in [5.74, 6) is 1.56. The van der Waals surface area contributed by atoms with Gasteiger partial charge in [-0.25, -0.2) is 0 Å². The average Bonchev–Trinajstić information content (AvgIpc) is 2.83. The Morgan fingerprint density at radius 1 is 1.47 bits per heavy atom. The predicted molar refractivity (Wildman–Crippen MR) is 80.1 cm³/mol. The molecule has 6 heteroatoms. The van der Waals surface area contributed by atoms with Gasteiger partial charge in [-0.2, -0.15) is 0 Å². The third-order valence-electron chi connectivity index (χ3n) is 3.11. The van der Waals surface area contributed by atoms with Crippen molar-refractivity contribution < 1.29 is 13.7 Å². The molecule has 0 aliphatic carbocycles. The molecule has 4 nitrogen and oxygen atoms in total.